The number of benzene rings is 1. The molecule has 0 aliphatic carbocycles. The molecule has 0 saturated heterocycles. The lowest BCUT2D eigenvalue weighted by atomic mass is 10.1. The first-order valence-corrected chi connectivity index (χ1v) is 6.38. The predicted molar refractivity (Wildman–Crippen MR) is 72.5 cm³/mol. The Morgan fingerprint density at radius 2 is 2.21 bits per heavy atom. The molecule has 0 bridgehead atoms. The van der Waals surface area contributed by atoms with E-state index in [9.17, 15) is 9.90 Å². The second-order valence-corrected chi connectivity index (χ2v) is 4.72. The van der Waals surface area contributed by atoms with Gasteiger partial charge in [-0.1, -0.05) is 6.07 Å². The SMILES string of the molecule is Cc1nc2c(C(=O)O)cccc2n1C(C)CCCO. The van der Waals surface area contributed by atoms with Crippen molar-refractivity contribution < 1.29 is 15.0 Å². The molecule has 1 aromatic carbocycles. The topological polar surface area (TPSA) is 75.3 Å². The van der Waals surface area contributed by atoms with Crippen LogP contribution < -0.4 is 0 Å². The highest BCUT2D eigenvalue weighted by atomic mass is 16.4. The number of carbonyl (C=O) groups is 1. The summed E-state index contributed by atoms with van der Waals surface area (Å²) in [4.78, 5) is 15.6. The van der Waals surface area contributed by atoms with E-state index in [1.54, 1.807) is 12.1 Å². The van der Waals surface area contributed by atoms with Gasteiger partial charge in [0.1, 0.15) is 11.3 Å². The van der Waals surface area contributed by atoms with Crippen LogP contribution in [0.25, 0.3) is 11.0 Å². The van der Waals surface area contributed by atoms with Crippen LogP contribution in [0.3, 0.4) is 0 Å². The molecule has 102 valence electrons. The number of aromatic nitrogens is 2. The molecular weight excluding hydrogens is 244 g/mol. The van der Waals surface area contributed by atoms with Crippen molar-refractivity contribution in [3.05, 3.63) is 29.6 Å². The molecule has 2 rings (SSSR count). The van der Waals surface area contributed by atoms with E-state index >= 15 is 0 Å². The molecule has 1 heterocycles. The molecule has 0 spiro atoms. The molecule has 2 N–H and O–H groups in total. The van der Waals surface area contributed by atoms with Gasteiger partial charge in [0, 0.05) is 12.6 Å². The van der Waals surface area contributed by atoms with E-state index < -0.39 is 5.97 Å². The smallest absolute Gasteiger partial charge is 0.337 e. The number of para-hydroxylation sites is 1. The fraction of sp³-hybridized carbons (Fsp3) is 0.429. The highest BCUT2D eigenvalue weighted by Crippen LogP contribution is 2.25. The number of aliphatic hydroxyl groups excluding tert-OH is 1. The minimum absolute atomic E-state index is 0.163. The van der Waals surface area contributed by atoms with Gasteiger partial charge in [-0.15, -0.1) is 0 Å². The van der Waals surface area contributed by atoms with Crippen LogP contribution in [0, 0.1) is 6.92 Å². The number of carboxylic acids is 1. The van der Waals surface area contributed by atoms with Crippen LogP contribution >= 0.6 is 0 Å². The number of hydrogen-bond acceptors (Lipinski definition) is 3. The van der Waals surface area contributed by atoms with Gasteiger partial charge in [-0.25, -0.2) is 9.78 Å². The van der Waals surface area contributed by atoms with Gasteiger partial charge in [0.05, 0.1) is 11.1 Å². The Morgan fingerprint density at radius 1 is 1.47 bits per heavy atom. The van der Waals surface area contributed by atoms with Gasteiger partial charge in [0.15, 0.2) is 0 Å². The lowest BCUT2D eigenvalue weighted by Crippen LogP contribution is -2.08. The van der Waals surface area contributed by atoms with E-state index in [0.717, 1.165) is 24.2 Å². The molecule has 0 radical (unpaired) electrons. The van der Waals surface area contributed by atoms with E-state index in [0.29, 0.717) is 5.52 Å². The normalized spacial score (nSPS) is 12.8. The van der Waals surface area contributed by atoms with Crippen molar-refractivity contribution in [1.29, 1.82) is 0 Å². The summed E-state index contributed by atoms with van der Waals surface area (Å²) in [6.45, 7) is 4.09. The Morgan fingerprint density at radius 3 is 2.84 bits per heavy atom. The maximum atomic E-state index is 11.2. The van der Waals surface area contributed by atoms with Crippen molar-refractivity contribution in [2.45, 2.75) is 32.7 Å². The van der Waals surface area contributed by atoms with Crippen LogP contribution in [-0.2, 0) is 0 Å². The van der Waals surface area contributed by atoms with Gasteiger partial charge in [-0.05, 0) is 38.8 Å². The lowest BCUT2D eigenvalue weighted by Gasteiger charge is -2.15. The molecule has 5 nitrogen and oxygen atoms in total. The fourth-order valence-electron chi connectivity index (χ4n) is 2.48. The molecule has 5 heteroatoms. The molecule has 0 aliphatic heterocycles. The number of aryl methyl sites for hydroxylation is 1. The van der Waals surface area contributed by atoms with Gasteiger partial charge in [-0.2, -0.15) is 0 Å². The quantitative estimate of drug-likeness (QED) is 0.867. The van der Waals surface area contributed by atoms with Crippen LogP contribution in [0.2, 0.25) is 0 Å². The van der Waals surface area contributed by atoms with Crippen molar-refractivity contribution >= 4 is 17.0 Å². The highest BCUT2D eigenvalue weighted by Gasteiger charge is 2.17. The second kappa shape index (κ2) is 5.40. The molecule has 0 fully saturated rings. The summed E-state index contributed by atoms with van der Waals surface area (Å²) >= 11 is 0. The number of aromatic carboxylic acids is 1. The molecular formula is C14H18N2O3. The van der Waals surface area contributed by atoms with Crippen molar-refractivity contribution in [3.63, 3.8) is 0 Å². The highest BCUT2D eigenvalue weighted by molar-refractivity contribution is 6.01. The Bertz CT molecular complexity index is 604. The van der Waals surface area contributed by atoms with Crippen LogP contribution in [0.15, 0.2) is 18.2 Å². The Labute approximate surface area is 111 Å². The molecule has 19 heavy (non-hydrogen) atoms. The van der Waals surface area contributed by atoms with E-state index in [1.807, 2.05) is 17.6 Å². The van der Waals surface area contributed by atoms with Crippen molar-refractivity contribution in [2.75, 3.05) is 6.61 Å². The fourth-order valence-corrected chi connectivity index (χ4v) is 2.48. The lowest BCUT2D eigenvalue weighted by molar-refractivity contribution is 0.0699. The van der Waals surface area contributed by atoms with E-state index in [1.165, 1.54) is 0 Å². The van der Waals surface area contributed by atoms with Gasteiger partial charge >= 0.3 is 5.97 Å². The minimum atomic E-state index is -0.960. The maximum absolute atomic E-state index is 11.2. The third-order valence-electron chi connectivity index (χ3n) is 3.35. The van der Waals surface area contributed by atoms with Gasteiger partial charge in [0.2, 0.25) is 0 Å². The number of carboxylic acid groups (broad SMARTS) is 1. The van der Waals surface area contributed by atoms with Crippen LogP contribution in [-0.4, -0.2) is 32.3 Å². The Hall–Kier alpha value is -1.88. The average molecular weight is 262 g/mol. The number of imidazole rings is 1. The van der Waals surface area contributed by atoms with Crippen LogP contribution in [0.5, 0.6) is 0 Å². The molecule has 1 unspecified atom stereocenters. The molecule has 1 atom stereocenters. The van der Waals surface area contributed by atoms with Crippen molar-refractivity contribution in [3.8, 4) is 0 Å². The zero-order valence-corrected chi connectivity index (χ0v) is 11.1. The summed E-state index contributed by atoms with van der Waals surface area (Å²) in [5.41, 5.74) is 1.60. The van der Waals surface area contributed by atoms with Gasteiger partial charge in [-0.3, -0.25) is 0 Å². The van der Waals surface area contributed by atoms with E-state index in [-0.39, 0.29) is 18.2 Å². The third kappa shape index (κ3) is 2.46. The summed E-state index contributed by atoms with van der Waals surface area (Å²) in [6.07, 6.45) is 1.55. The first kappa shape index (κ1) is 13.5. The molecule has 0 aliphatic rings. The second-order valence-electron chi connectivity index (χ2n) is 4.72. The predicted octanol–water partition coefficient (Wildman–Crippen LogP) is 2.38. The number of rotatable bonds is 5. The summed E-state index contributed by atoms with van der Waals surface area (Å²) < 4.78 is 2.04. The molecule has 0 amide bonds. The van der Waals surface area contributed by atoms with E-state index in [4.69, 9.17) is 5.11 Å². The number of aliphatic hydroxyl groups is 1. The maximum Gasteiger partial charge on any atom is 0.337 e. The third-order valence-corrected chi connectivity index (χ3v) is 3.35. The summed E-state index contributed by atoms with van der Waals surface area (Å²) in [7, 11) is 0. The molecule has 1 aromatic heterocycles. The Balaban J connectivity index is 2.53. The zero-order chi connectivity index (χ0) is 14.0. The summed E-state index contributed by atoms with van der Waals surface area (Å²) in [5.74, 6) is -0.160. The van der Waals surface area contributed by atoms with Crippen molar-refractivity contribution in [2.24, 2.45) is 0 Å². The number of hydrogen-bond donors (Lipinski definition) is 2. The standard InChI is InChI=1S/C14H18N2O3/c1-9(5-4-8-17)16-10(2)15-13-11(14(18)19)6-3-7-12(13)16/h3,6-7,9,17H,4-5,8H2,1-2H3,(H,18,19). The molecule has 0 saturated carbocycles. The van der Waals surface area contributed by atoms with Crippen LogP contribution in [0.1, 0.15) is 42.0 Å². The van der Waals surface area contributed by atoms with Crippen LogP contribution in [0.4, 0.5) is 0 Å². The largest absolute Gasteiger partial charge is 0.478 e. The first-order valence-electron chi connectivity index (χ1n) is 6.38. The number of nitrogens with zero attached hydrogens (tertiary/aromatic N) is 2. The minimum Gasteiger partial charge on any atom is -0.478 e. The van der Waals surface area contributed by atoms with Crippen molar-refractivity contribution in [1.82, 2.24) is 9.55 Å². The molecule has 2 aromatic rings. The van der Waals surface area contributed by atoms with Gasteiger partial charge < -0.3 is 14.8 Å². The van der Waals surface area contributed by atoms with E-state index in [2.05, 4.69) is 11.9 Å². The monoisotopic (exact) mass is 262 g/mol. The average Bonchev–Trinajstić information content (AvgIpc) is 2.71. The van der Waals surface area contributed by atoms with Gasteiger partial charge in [0.25, 0.3) is 0 Å². The summed E-state index contributed by atoms with van der Waals surface area (Å²) in [6, 6.07) is 5.38. The zero-order valence-electron chi connectivity index (χ0n) is 11.1. The Kier molecular flexibility index (Phi) is 3.85. The first-order chi connectivity index (χ1) is 9.06. The summed E-state index contributed by atoms with van der Waals surface area (Å²) in [5, 5.41) is 18.1. The number of fused-ring (bicyclic) bond motifs is 1.